The molecule has 1 aliphatic carbocycles. The first-order valence-corrected chi connectivity index (χ1v) is 7.87. The molecule has 0 spiro atoms. The third-order valence-electron chi connectivity index (χ3n) is 3.39. The normalized spacial score (nSPS) is 15.9. The number of nitrogens with one attached hydrogen (secondary N) is 2. The largest absolute Gasteiger partial charge is 0.370 e. The lowest BCUT2D eigenvalue weighted by Gasteiger charge is -2.13. The molecule has 1 fully saturated rings. The Hall–Kier alpha value is -1.23. The van der Waals surface area contributed by atoms with Gasteiger partial charge >= 0.3 is 0 Å². The molecule has 0 unspecified atom stereocenters. The predicted octanol–water partition coefficient (Wildman–Crippen LogP) is 2.45. The highest BCUT2D eigenvalue weighted by Gasteiger charge is 2.41. The van der Waals surface area contributed by atoms with Crippen molar-refractivity contribution in [2.24, 2.45) is 0 Å². The van der Waals surface area contributed by atoms with Gasteiger partial charge in [0.2, 0.25) is 0 Å². The van der Waals surface area contributed by atoms with E-state index >= 15 is 0 Å². The van der Waals surface area contributed by atoms with Gasteiger partial charge in [-0.05, 0) is 45.1 Å². The second-order valence-corrected chi connectivity index (χ2v) is 6.26. The van der Waals surface area contributed by atoms with E-state index in [-0.39, 0.29) is 5.91 Å². The molecular weight excluding hydrogens is 258 g/mol. The lowest BCUT2D eigenvalue weighted by atomic mass is 10.2. The summed E-state index contributed by atoms with van der Waals surface area (Å²) in [6, 6.07) is 3.64. The SMILES string of the molecule is CCNc1cc(C(=O)NCC2(SC)CC2)cc(C)n1. The van der Waals surface area contributed by atoms with Crippen molar-refractivity contribution in [1.82, 2.24) is 10.3 Å². The van der Waals surface area contributed by atoms with Crippen LogP contribution in [0.25, 0.3) is 0 Å². The van der Waals surface area contributed by atoms with Crippen LogP contribution in [-0.4, -0.2) is 35.0 Å². The van der Waals surface area contributed by atoms with E-state index in [4.69, 9.17) is 0 Å². The molecule has 19 heavy (non-hydrogen) atoms. The second-order valence-electron chi connectivity index (χ2n) is 4.98. The number of hydrogen-bond acceptors (Lipinski definition) is 4. The van der Waals surface area contributed by atoms with Crippen molar-refractivity contribution in [3.63, 3.8) is 0 Å². The van der Waals surface area contributed by atoms with E-state index in [1.54, 1.807) is 0 Å². The van der Waals surface area contributed by atoms with Crippen LogP contribution >= 0.6 is 11.8 Å². The zero-order chi connectivity index (χ0) is 13.9. The Morgan fingerprint density at radius 2 is 2.21 bits per heavy atom. The average Bonchev–Trinajstić information content (AvgIpc) is 3.16. The predicted molar refractivity (Wildman–Crippen MR) is 81.0 cm³/mol. The summed E-state index contributed by atoms with van der Waals surface area (Å²) in [6.45, 7) is 5.47. The van der Waals surface area contributed by atoms with Crippen LogP contribution < -0.4 is 10.6 Å². The van der Waals surface area contributed by atoms with E-state index in [0.717, 1.165) is 24.6 Å². The molecule has 0 atom stereocenters. The van der Waals surface area contributed by atoms with Gasteiger partial charge in [0.15, 0.2) is 0 Å². The Morgan fingerprint density at radius 3 is 2.79 bits per heavy atom. The first kappa shape index (κ1) is 14.2. The summed E-state index contributed by atoms with van der Waals surface area (Å²) >= 11 is 1.85. The lowest BCUT2D eigenvalue weighted by molar-refractivity contribution is 0.0953. The molecule has 1 aromatic rings. The number of amides is 1. The van der Waals surface area contributed by atoms with E-state index < -0.39 is 0 Å². The van der Waals surface area contributed by atoms with Gasteiger partial charge in [0, 0.05) is 29.1 Å². The molecule has 2 N–H and O–H groups in total. The van der Waals surface area contributed by atoms with Gasteiger partial charge in [0.05, 0.1) is 0 Å². The van der Waals surface area contributed by atoms with Crippen LogP contribution in [-0.2, 0) is 0 Å². The molecule has 104 valence electrons. The fraction of sp³-hybridized carbons (Fsp3) is 0.571. The molecule has 4 nitrogen and oxygen atoms in total. The van der Waals surface area contributed by atoms with Crippen molar-refractivity contribution < 1.29 is 4.79 Å². The number of thioether (sulfide) groups is 1. The summed E-state index contributed by atoms with van der Waals surface area (Å²) in [4.78, 5) is 16.5. The highest BCUT2D eigenvalue weighted by molar-refractivity contribution is 8.00. The van der Waals surface area contributed by atoms with E-state index in [9.17, 15) is 4.79 Å². The van der Waals surface area contributed by atoms with Crippen molar-refractivity contribution in [2.75, 3.05) is 24.7 Å². The molecule has 1 amide bonds. The number of hydrogen-bond donors (Lipinski definition) is 2. The molecule has 0 aliphatic heterocycles. The number of aromatic nitrogens is 1. The Morgan fingerprint density at radius 1 is 1.47 bits per heavy atom. The maximum absolute atomic E-state index is 12.2. The maximum Gasteiger partial charge on any atom is 0.251 e. The summed E-state index contributed by atoms with van der Waals surface area (Å²) in [6.07, 6.45) is 4.51. The van der Waals surface area contributed by atoms with Crippen molar-refractivity contribution in [3.05, 3.63) is 23.4 Å². The fourth-order valence-electron chi connectivity index (χ4n) is 2.01. The molecule has 0 bridgehead atoms. The third kappa shape index (κ3) is 3.62. The summed E-state index contributed by atoms with van der Waals surface area (Å²) in [5, 5.41) is 6.18. The quantitative estimate of drug-likeness (QED) is 0.840. The maximum atomic E-state index is 12.2. The van der Waals surface area contributed by atoms with Gasteiger partial charge in [-0.25, -0.2) is 4.98 Å². The minimum Gasteiger partial charge on any atom is -0.370 e. The molecular formula is C14H21N3OS. The van der Waals surface area contributed by atoms with Crippen molar-refractivity contribution >= 4 is 23.5 Å². The summed E-state index contributed by atoms with van der Waals surface area (Å²) in [7, 11) is 0. The zero-order valence-corrected chi connectivity index (χ0v) is 12.6. The molecule has 0 saturated heterocycles. The number of nitrogens with zero attached hydrogens (tertiary/aromatic N) is 1. The number of aryl methyl sites for hydroxylation is 1. The Kier molecular flexibility index (Phi) is 4.34. The van der Waals surface area contributed by atoms with Gasteiger partial charge in [-0.3, -0.25) is 4.79 Å². The highest BCUT2D eigenvalue weighted by Crippen LogP contribution is 2.46. The van der Waals surface area contributed by atoms with Gasteiger partial charge in [0.25, 0.3) is 5.91 Å². The first-order chi connectivity index (χ1) is 9.08. The van der Waals surface area contributed by atoms with Crippen LogP contribution in [0.5, 0.6) is 0 Å². The van der Waals surface area contributed by atoms with Crippen LogP contribution in [0.1, 0.15) is 35.8 Å². The van der Waals surface area contributed by atoms with Gasteiger partial charge in [0.1, 0.15) is 5.82 Å². The average molecular weight is 279 g/mol. The van der Waals surface area contributed by atoms with Crippen molar-refractivity contribution in [3.8, 4) is 0 Å². The van der Waals surface area contributed by atoms with Crippen LogP contribution in [0.15, 0.2) is 12.1 Å². The van der Waals surface area contributed by atoms with Gasteiger partial charge in [-0.2, -0.15) is 11.8 Å². The molecule has 1 heterocycles. The van der Waals surface area contributed by atoms with E-state index in [1.165, 1.54) is 12.8 Å². The van der Waals surface area contributed by atoms with E-state index in [2.05, 4.69) is 21.9 Å². The van der Waals surface area contributed by atoms with Crippen LogP contribution in [0, 0.1) is 6.92 Å². The van der Waals surface area contributed by atoms with Crippen molar-refractivity contribution in [1.29, 1.82) is 0 Å². The molecule has 1 aromatic heterocycles. The van der Waals surface area contributed by atoms with Crippen LogP contribution in [0.4, 0.5) is 5.82 Å². The standard InChI is InChI=1S/C14H21N3OS/c1-4-15-12-8-11(7-10(2)17-12)13(18)16-9-14(19-3)5-6-14/h7-8H,4-6,9H2,1-3H3,(H,15,17)(H,16,18). The van der Waals surface area contributed by atoms with Crippen LogP contribution in [0.3, 0.4) is 0 Å². The number of rotatable bonds is 6. The Balaban J connectivity index is 2.01. The number of pyridine rings is 1. The topological polar surface area (TPSA) is 54.0 Å². The minimum absolute atomic E-state index is 0.00928. The smallest absolute Gasteiger partial charge is 0.251 e. The number of carbonyl (C=O) groups excluding carboxylic acids is 1. The molecule has 5 heteroatoms. The minimum atomic E-state index is -0.00928. The third-order valence-corrected chi connectivity index (χ3v) is 4.80. The second kappa shape index (κ2) is 5.82. The summed E-state index contributed by atoms with van der Waals surface area (Å²) in [5.41, 5.74) is 1.54. The fourth-order valence-corrected chi connectivity index (χ4v) is 2.73. The van der Waals surface area contributed by atoms with E-state index in [0.29, 0.717) is 10.3 Å². The molecule has 2 rings (SSSR count). The Labute approximate surface area is 118 Å². The molecule has 0 aromatic carbocycles. The first-order valence-electron chi connectivity index (χ1n) is 6.64. The summed E-state index contributed by atoms with van der Waals surface area (Å²) in [5.74, 6) is 0.753. The summed E-state index contributed by atoms with van der Waals surface area (Å²) < 4.78 is 0.294. The molecule has 0 radical (unpaired) electrons. The zero-order valence-electron chi connectivity index (χ0n) is 11.7. The number of carbonyl (C=O) groups is 1. The lowest BCUT2D eigenvalue weighted by Crippen LogP contribution is -2.31. The molecule has 1 aliphatic rings. The van der Waals surface area contributed by atoms with E-state index in [1.807, 2.05) is 37.7 Å². The van der Waals surface area contributed by atoms with Gasteiger partial charge < -0.3 is 10.6 Å². The Bertz CT molecular complexity index is 472. The monoisotopic (exact) mass is 279 g/mol. The van der Waals surface area contributed by atoms with Crippen LogP contribution in [0.2, 0.25) is 0 Å². The highest BCUT2D eigenvalue weighted by atomic mass is 32.2. The van der Waals surface area contributed by atoms with Crippen molar-refractivity contribution in [2.45, 2.75) is 31.4 Å². The van der Waals surface area contributed by atoms with Gasteiger partial charge in [-0.1, -0.05) is 0 Å². The van der Waals surface area contributed by atoms with Gasteiger partial charge in [-0.15, -0.1) is 0 Å². The number of anilines is 1. The molecule has 1 saturated carbocycles.